The number of halogens is 1. The van der Waals surface area contributed by atoms with Gasteiger partial charge in [0.25, 0.3) is 0 Å². The Kier molecular flexibility index (Phi) is 6.46. The van der Waals surface area contributed by atoms with E-state index < -0.39 is 0 Å². The highest BCUT2D eigenvalue weighted by Gasteiger charge is 2.30. The lowest BCUT2D eigenvalue weighted by Gasteiger charge is -2.38. The van der Waals surface area contributed by atoms with Gasteiger partial charge in [0, 0.05) is 53.4 Å². The van der Waals surface area contributed by atoms with Crippen LogP contribution in [0.5, 0.6) is 0 Å². The average molecular weight is 542 g/mol. The largest absolute Gasteiger partial charge is 0.383 e. The maximum Gasteiger partial charge on any atom is 0.164 e. The molecule has 0 amide bonds. The van der Waals surface area contributed by atoms with Crippen molar-refractivity contribution in [3.8, 4) is 11.3 Å². The Morgan fingerprint density at radius 2 is 1.72 bits per heavy atom. The van der Waals surface area contributed by atoms with E-state index in [9.17, 15) is 0 Å². The number of aromatic nitrogens is 5. The predicted octanol–water partition coefficient (Wildman–Crippen LogP) is 5.55. The van der Waals surface area contributed by atoms with Gasteiger partial charge >= 0.3 is 0 Å². The summed E-state index contributed by atoms with van der Waals surface area (Å²) in [4.78, 5) is 11.6. The normalized spacial score (nSPS) is 20.6. The maximum atomic E-state index is 6.48. The second-order valence-electron chi connectivity index (χ2n) is 10.6. The summed E-state index contributed by atoms with van der Waals surface area (Å²) in [5.74, 6) is 0.468. The Labute approximate surface area is 232 Å². The highest BCUT2D eigenvalue weighted by molar-refractivity contribution is 6.31. The lowest BCUT2D eigenvalue weighted by atomic mass is 9.90. The summed E-state index contributed by atoms with van der Waals surface area (Å²) in [5.41, 5.74) is 11.4. The van der Waals surface area contributed by atoms with Crippen LogP contribution in [-0.2, 0) is 11.3 Å². The van der Waals surface area contributed by atoms with Crippen LogP contribution in [0.25, 0.3) is 33.2 Å². The van der Waals surface area contributed by atoms with Crippen molar-refractivity contribution < 1.29 is 4.74 Å². The van der Waals surface area contributed by atoms with Gasteiger partial charge in [0.15, 0.2) is 5.65 Å². The standard InChI is InChI=1S/C30H32ClN7O/c31-25-6-2-1-4-20(25)18-37-13-12-23-24(5-3-7-26(23)37)28-27-29(32)33-19-34-30(27)38(35-28)22-10-8-21(9-11-22)36-14-16-39-17-15-36/h1-7,12-13,19,21-22H,8-11,14-18H2,(H2,32,33,34)/t21-,22-. The van der Waals surface area contributed by atoms with E-state index in [1.807, 2.05) is 18.2 Å². The molecule has 2 fully saturated rings. The third-order valence-electron chi connectivity index (χ3n) is 8.46. The van der Waals surface area contributed by atoms with Gasteiger partial charge in [0.1, 0.15) is 17.8 Å². The SMILES string of the molecule is Nc1ncnc2c1c(-c1cccc3c1ccn3Cc1ccccc1Cl)nn2[C@H]1CC[C@H](N2CCOCC2)CC1. The molecular formula is C30H32ClN7O. The van der Waals surface area contributed by atoms with Crippen LogP contribution in [0.15, 0.2) is 61.1 Å². The van der Waals surface area contributed by atoms with Gasteiger partial charge in [-0.1, -0.05) is 41.9 Å². The molecule has 2 aliphatic rings. The topological polar surface area (TPSA) is 87.0 Å². The Hall–Kier alpha value is -3.46. The summed E-state index contributed by atoms with van der Waals surface area (Å²) in [6, 6.07) is 17.4. The minimum Gasteiger partial charge on any atom is -0.383 e. The van der Waals surface area contributed by atoms with Crippen molar-refractivity contribution in [2.75, 3.05) is 32.0 Å². The van der Waals surface area contributed by atoms with Crippen LogP contribution in [0.4, 0.5) is 5.82 Å². The zero-order valence-electron chi connectivity index (χ0n) is 21.8. The number of hydrogen-bond donors (Lipinski definition) is 1. The van der Waals surface area contributed by atoms with Gasteiger partial charge in [-0.25, -0.2) is 14.6 Å². The molecule has 0 atom stereocenters. The van der Waals surface area contributed by atoms with Crippen molar-refractivity contribution >= 4 is 39.4 Å². The van der Waals surface area contributed by atoms with E-state index in [0.29, 0.717) is 18.4 Å². The quantitative estimate of drug-likeness (QED) is 0.314. The van der Waals surface area contributed by atoms with Crippen LogP contribution in [0.2, 0.25) is 5.02 Å². The summed E-state index contributed by atoms with van der Waals surface area (Å²) in [6.45, 7) is 4.45. The Morgan fingerprint density at radius 3 is 2.54 bits per heavy atom. The molecule has 0 radical (unpaired) electrons. The number of rotatable bonds is 5. The van der Waals surface area contributed by atoms with E-state index in [1.165, 1.54) is 0 Å². The number of benzene rings is 2. The molecule has 2 aromatic carbocycles. The molecule has 7 rings (SSSR count). The fraction of sp³-hybridized carbons (Fsp3) is 0.367. The van der Waals surface area contributed by atoms with E-state index in [-0.39, 0.29) is 6.04 Å². The molecule has 1 aliphatic heterocycles. The van der Waals surface area contributed by atoms with Crippen molar-refractivity contribution in [2.24, 2.45) is 0 Å². The van der Waals surface area contributed by atoms with Crippen molar-refractivity contribution in [1.29, 1.82) is 0 Å². The lowest BCUT2D eigenvalue weighted by Crippen LogP contribution is -2.45. The van der Waals surface area contributed by atoms with Crippen LogP contribution in [0, 0.1) is 0 Å². The molecule has 3 aromatic heterocycles. The zero-order chi connectivity index (χ0) is 26.3. The van der Waals surface area contributed by atoms with Crippen LogP contribution in [0.1, 0.15) is 37.3 Å². The van der Waals surface area contributed by atoms with Crippen LogP contribution >= 0.6 is 11.6 Å². The van der Waals surface area contributed by atoms with Gasteiger partial charge in [0.05, 0.1) is 24.6 Å². The molecule has 1 saturated carbocycles. The van der Waals surface area contributed by atoms with Gasteiger partial charge in [-0.3, -0.25) is 4.90 Å². The molecular weight excluding hydrogens is 510 g/mol. The maximum absolute atomic E-state index is 6.48. The number of ether oxygens (including phenoxy) is 1. The number of nitrogen functional groups attached to an aromatic ring is 1. The van der Waals surface area contributed by atoms with E-state index in [0.717, 1.165) is 95.8 Å². The number of nitrogens with zero attached hydrogens (tertiary/aromatic N) is 6. The number of nitrogens with two attached hydrogens (primary N) is 1. The van der Waals surface area contributed by atoms with Gasteiger partial charge in [0.2, 0.25) is 0 Å². The zero-order valence-corrected chi connectivity index (χ0v) is 22.6. The summed E-state index contributed by atoms with van der Waals surface area (Å²) < 4.78 is 9.91. The number of morpholine rings is 1. The molecule has 8 nitrogen and oxygen atoms in total. The van der Waals surface area contributed by atoms with Gasteiger partial charge < -0.3 is 15.0 Å². The minimum absolute atomic E-state index is 0.289. The molecule has 0 bridgehead atoms. The average Bonchev–Trinajstić information content (AvgIpc) is 3.57. The highest BCUT2D eigenvalue weighted by atomic mass is 35.5. The molecule has 1 saturated heterocycles. The monoisotopic (exact) mass is 541 g/mol. The number of anilines is 1. The van der Waals surface area contributed by atoms with Crippen LogP contribution in [-0.4, -0.2) is 61.6 Å². The van der Waals surface area contributed by atoms with Gasteiger partial charge in [-0.2, -0.15) is 5.10 Å². The molecule has 9 heteroatoms. The fourth-order valence-corrected chi connectivity index (χ4v) is 6.62. The molecule has 200 valence electrons. The molecule has 1 aliphatic carbocycles. The molecule has 5 aromatic rings. The summed E-state index contributed by atoms with van der Waals surface area (Å²) >= 11 is 6.47. The lowest BCUT2D eigenvalue weighted by molar-refractivity contribution is 0.00520. The third-order valence-corrected chi connectivity index (χ3v) is 8.83. The minimum atomic E-state index is 0.289. The first-order valence-corrected chi connectivity index (χ1v) is 14.2. The first kappa shape index (κ1) is 24.6. The van der Waals surface area contributed by atoms with Crippen molar-refractivity contribution in [3.63, 3.8) is 0 Å². The van der Waals surface area contributed by atoms with Crippen LogP contribution in [0.3, 0.4) is 0 Å². The first-order valence-electron chi connectivity index (χ1n) is 13.8. The molecule has 0 unspecified atom stereocenters. The molecule has 4 heterocycles. The number of hydrogen-bond acceptors (Lipinski definition) is 6. The second kappa shape index (κ2) is 10.3. The predicted molar refractivity (Wildman–Crippen MR) is 155 cm³/mol. The molecule has 0 spiro atoms. The van der Waals surface area contributed by atoms with E-state index in [1.54, 1.807) is 6.33 Å². The van der Waals surface area contributed by atoms with E-state index >= 15 is 0 Å². The van der Waals surface area contributed by atoms with Crippen molar-refractivity contribution in [2.45, 2.75) is 44.3 Å². The van der Waals surface area contributed by atoms with Gasteiger partial charge in [-0.15, -0.1) is 0 Å². The Morgan fingerprint density at radius 1 is 0.923 bits per heavy atom. The molecule has 39 heavy (non-hydrogen) atoms. The summed E-state index contributed by atoms with van der Waals surface area (Å²) in [5, 5.41) is 7.93. The number of fused-ring (bicyclic) bond motifs is 2. The van der Waals surface area contributed by atoms with Crippen LogP contribution < -0.4 is 5.73 Å². The van der Waals surface area contributed by atoms with E-state index in [2.05, 4.69) is 60.6 Å². The molecule has 2 N–H and O–H groups in total. The van der Waals surface area contributed by atoms with E-state index in [4.69, 9.17) is 27.2 Å². The van der Waals surface area contributed by atoms with Gasteiger partial charge in [-0.05, 0) is 49.4 Å². The van der Waals surface area contributed by atoms with Crippen molar-refractivity contribution in [3.05, 3.63) is 71.6 Å². The highest BCUT2D eigenvalue weighted by Crippen LogP contribution is 2.39. The fourth-order valence-electron chi connectivity index (χ4n) is 6.43. The third kappa shape index (κ3) is 4.46. The Balaban J connectivity index is 1.25. The van der Waals surface area contributed by atoms with Crippen molar-refractivity contribution in [1.82, 2.24) is 29.2 Å². The first-order chi connectivity index (χ1) is 19.2. The summed E-state index contributed by atoms with van der Waals surface area (Å²) in [7, 11) is 0. The summed E-state index contributed by atoms with van der Waals surface area (Å²) in [6.07, 6.45) is 8.12. The second-order valence-corrected chi connectivity index (χ2v) is 11.0. The smallest absolute Gasteiger partial charge is 0.164 e. The Bertz CT molecular complexity index is 1630.